The zero-order valence-corrected chi connectivity index (χ0v) is 16.7. The van der Waals surface area contributed by atoms with E-state index in [9.17, 15) is 0 Å². The normalized spacial score (nSPS) is 12.5. The van der Waals surface area contributed by atoms with Gasteiger partial charge in [0, 0.05) is 24.1 Å². The number of benzene rings is 2. The van der Waals surface area contributed by atoms with Gasteiger partial charge in [-0.15, -0.1) is 0 Å². The number of rotatable bonds is 8. The molecule has 0 aliphatic heterocycles. The molecule has 0 saturated carbocycles. The molecular weight excluding hydrogens is 344 g/mol. The van der Waals surface area contributed by atoms with E-state index < -0.39 is 0 Å². The maximum absolute atomic E-state index is 4.73. The van der Waals surface area contributed by atoms with E-state index in [0.29, 0.717) is 0 Å². The second-order valence-corrected chi connectivity index (χ2v) is 7.39. The van der Waals surface area contributed by atoms with Crippen molar-refractivity contribution in [2.45, 2.75) is 32.2 Å². The van der Waals surface area contributed by atoms with Crippen LogP contribution in [0.25, 0.3) is 22.2 Å². The van der Waals surface area contributed by atoms with Gasteiger partial charge in [0.2, 0.25) is 0 Å². The lowest BCUT2D eigenvalue weighted by Crippen LogP contribution is -2.25. The number of aryl methyl sites for hydroxylation is 1. The average Bonchev–Trinajstić information content (AvgIpc) is 3.34. The lowest BCUT2D eigenvalue weighted by molar-refractivity contribution is 0.500. The Balaban J connectivity index is 1.63. The lowest BCUT2D eigenvalue weighted by Gasteiger charge is -2.16. The molecule has 0 bridgehead atoms. The molecule has 0 saturated heterocycles. The van der Waals surface area contributed by atoms with Crippen LogP contribution in [0.15, 0.2) is 67.0 Å². The van der Waals surface area contributed by atoms with Crippen molar-refractivity contribution in [3.8, 4) is 11.3 Å². The van der Waals surface area contributed by atoms with Crippen LogP contribution in [-0.2, 0) is 13.5 Å². The molecule has 2 aromatic heterocycles. The maximum Gasteiger partial charge on any atom is 0.124 e. The fourth-order valence-corrected chi connectivity index (χ4v) is 3.80. The molecule has 0 radical (unpaired) electrons. The third-order valence-corrected chi connectivity index (χ3v) is 5.33. The van der Waals surface area contributed by atoms with Crippen molar-refractivity contribution < 1.29 is 0 Å². The van der Waals surface area contributed by atoms with Crippen molar-refractivity contribution in [1.29, 1.82) is 0 Å². The van der Waals surface area contributed by atoms with Crippen molar-refractivity contribution in [2.75, 3.05) is 6.54 Å². The summed E-state index contributed by atoms with van der Waals surface area (Å²) in [4.78, 5) is 8.28. The molecule has 2 aromatic carbocycles. The first kappa shape index (κ1) is 18.5. The van der Waals surface area contributed by atoms with E-state index in [1.165, 1.54) is 28.5 Å². The van der Waals surface area contributed by atoms with Gasteiger partial charge in [0.25, 0.3) is 0 Å². The van der Waals surface area contributed by atoms with E-state index in [1.807, 2.05) is 12.3 Å². The number of hydrogen-bond acceptors (Lipinski definition) is 2. The molecule has 4 aromatic rings. The minimum Gasteiger partial charge on any atom is -0.350 e. The summed E-state index contributed by atoms with van der Waals surface area (Å²) in [6.45, 7) is 3.22. The first-order valence-corrected chi connectivity index (χ1v) is 10.1. The van der Waals surface area contributed by atoms with Crippen molar-refractivity contribution in [1.82, 2.24) is 19.9 Å². The summed E-state index contributed by atoms with van der Waals surface area (Å²) in [5.41, 5.74) is 4.86. The minimum absolute atomic E-state index is 0.162. The summed E-state index contributed by atoms with van der Waals surface area (Å²) in [6.07, 6.45) is 7.45. The Bertz CT molecular complexity index is 1030. The molecule has 4 nitrogen and oxygen atoms in total. The number of fused-ring (bicyclic) bond motifs is 1. The lowest BCUT2D eigenvalue weighted by atomic mass is 10.0. The van der Waals surface area contributed by atoms with Crippen LogP contribution in [0.1, 0.15) is 37.2 Å². The summed E-state index contributed by atoms with van der Waals surface area (Å²) in [5.74, 6) is 1.00. The van der Waals surface area contributed by atoms with Crippen LogP contribution in [0.3, 0.4) is 0 Å². The van der Waals surface area contributed by atoms with Gasteiger partial charge in [0.05, 0.1) is 17.9 Å². The largest absolute Gasteiger partial charge is 0.350 e. The standard InChI is InChI=1S/C24H28N4/c1-3-4-14-25-21(15-19-17-28(2)23-13-9-8-12-20(19)23)24-26-16-22(27-24)18-10-6-5-7-11-18/h5-13,16-17,21,25H,3-4,14-15H2,1-2H3,(H,26,27)/t21-/m1/s1. The molecule has 0 aliphatic rings. The second kappa shape index (κ2) is 8.44. The molecule has 2 N–H and O–H groups in total. The zero-order chi connectivity index (χ0) is 19.3. The summed E-state index contributed by atoms with van der Waals surface area (Å²) in [6, 6.07) is 19.2. The van der Waals surface area contributed by atoms with E-state index >= 15 is 0 Å². The number of unbranched alkanes of at least 4 members (excludes halogenated alkanes) is 1. The Labute approximate surface area is 166 Å². The highest BCUT2D eigenvalue weighted by atomic mass is 15.0. The monoisotopic (exact) mass is 372 g/mol. The van der Waals surface area contributed by atoms with Gasteiger partial charge in [-0.05, 0) is 36.6 Å². The predicted octanol–water partition coefficient (Wildman–Crippen LogP) is 5.24. The van der Waals surface area contributed by atoms with Crippen LogP contribution in [0, 0.1) is 0 Å². The quantitative estimate of drug-likeness (QED) is 0.415. The Hall–Kier alpha value is -2.85. The molecule has 0 fully saturated rings. The smallest absolute Gasteiger partial charge is 0.124 e. The highest BCUT2D eigenvalue weighted by Gasteiger charge is 2.18. The number of imidazole rings is 1. The molecule has 144 valence electrons. The van der Waals surface area contributed by atoms with E-state index in [2.05, 4.69) is 83.6 Å². The van der Waals surface area contributed by atoms with Crippen LogP contribution in [0.2, 0.25) is 0 Å². The molecular formula is C24H28N4. The highest BCUT2D eigenvalue weighted by molar-refractivity contribution is 5.84. The number of hydrogen-bond donors (Lipinski definition) is 2. The van der Waals surface area contributed by atoms with Crippen molar-refractivity contribution >= 4 is 10.9 Å². The summed E-state index contributed by atoms with van der Waals surface area (Å²) >= 11 is 0. The van der Waals surface area contributed by atoms with E-state index in [-0.39, 0.29) is 6.04 Å². The molecule has 4 heteroatoms. The van der Waals surface area contributed by atoms with Gasteiger partial charge in [-0.2, -0.15) is 0 Å². The minimum atomic E-state index is 0.162. The van der Waals surface area contributed by atoms with Crippen LogP contribution < -0.4 is 5.32 Å². The second-order valence-electron chi connectivity index (χ2n) is 7.39. The van der Waals surface area contributed by atoms with Crippen LogP contribution >= 0.6 is 0 Å². The van der Waals surface area contributed by atoms with Crippen LogP contribution in [0.4, 0.5) is 0 Å². The average molecular weight is 373 g/mol. The number of nitrogens with one attached hydrogen (secondary N) is 2. The van der Waals surface area contributed by atoms with Gasteiger partial charge in [-0.3, -0.25) is 0 Å². The van der Waals surface area contributed by atoms with Gasteiger partial charge in [-0.25, -0.2) is 4.98 Å². The SMILES string of the molecule is CCCCN[C@H](Cc1cn(C)c2ccccc12)c1ncc(-c2ccccc2)[nH]1. The highest BCUT2D eigenvalue weighted by Crippen LogP contribution is 2.26. The zero-order valence-electron chi connectivity index (χ0n) is 16.7. The van der Waals surface area contributed by atoms with Crippen molar-refractivity contribution in [2.24, 2.45) is 7.05 Å². The van der Waals surface area contributed by atoms with Gasteiger partial charge in [0.15, 0.2) is 0 Å². The first-order valence-electron chi connectivity index (χ1n) is 10.1. The molecule has 1 atom stereocenters. The molecule has 28 heavy (non-hydrogen) atoms. The summed E-state index contributed by atoms with van der Waals surface area (Å²) in [7, 11) is 2.12. The summed E-state index contributed by atoms with van der Waals surface area (Å²) in [5, 5.41) is 5.04. The number of nitrogens with zero attached hydrogens (tertiary/aromatic N) is 2. The first-order chi connectivity index (χ1) is 13.8. The number of para-hydroxylation sites is 1. The number of H-pyrrole nitrogens is 1. The predicted molar refractivity (Wildman–Crippen MR) is 116 cm³/mol. The Morgan fingerprint density at radius 3 is 2.68 bits per heavy atom. The van der Waals surface area contributed by atoms with Crippen LogP contribution in [-0.4, -0.2) is 21.1 Å². The maximum atomic E-state index is 4.73. The van der Waals surface area contributed by atoms with E-state index in [4.69, 9.17) is 4.98 Å². The van der Waals surface area contributed by atoms with Crippen LogP contribution in [0.5, 0.6) is 0 Å². The van der Waals surface area contributed by atoms with Gasteiger partial charge >= 0.3 is 0 Å². The summed E-state index contributed by atoms with van der Waals surface area (Å²) < 4.78 is 2.21. The van der Waals surface area contributed by atoms with E-state index in [0.717, 1.165) is 30.9 Å². The van der Waals surface area contributed by atoms with E-state index in [1.54, 1.807) is 0 Å². The number of aromatic amines is 1. The van der Waals surface area contributed by atoms with Crippen molar-refractivity contribution in [3.63, 3.8) is 0 Å². The topological polar surface area (TPSA) is 45.6 Å². The molecule has 4 rings (SSSR count). The molecule has 0 amide bonds. The van der Waals surface area contributed by atoms with Gasteiger partial charge in [0.1, 0.15) is 5.82 Å². The van der Waals surface area contributed by atoms with Gasteiger partial charge in [-0.1, -0.05) is 61.9 Å². The molecule has 0 spiro atoms. The Kier molecular flexibility index (Phi) is 5.58. The van der Waals surface area contributed by atoms with Gasteiger partial charge < -0.3 is 14.9 Å². The number of aromatic nitrogens is 3. The fraction of sp³-hybridized carbons (Fsp3) is 0.292. The Morgan fingerprint density at radius 1 is 1.07 bits per heavy atom. The molecule has 0 unspecified atom stereocenters. The third-order valence-electron chi connectivity index (χ3n) is 5.33. The van der Waals surface area contributed by atoms with Crippen molar-refractivity contribution in [3.05, 3.63) is 78.4 Å². The molecule has 2 heterocycles. The molecule has 0 aliphatic carbocycles. The Morgan fingerprint density at radius 2 is 1.86 bits per heavy atom. The fourth-order valence-electron chi connectivity index (χ4n) is 3.80. The third kappa shape index (κ3) is 3.87.